The van der Waals surface area contributed by atoms with E-state index < -0.39 is 0 Å². The van der Waals surface area contributed by atoms with Gasteiger partial charge in [-0.2, -0.15) is 4.98 Å². The van der Waals surface area contributed by atoms with Crippen LogP contribution in [0.25, 0.3) is 0 Å². The number of thiazole rings is 1. The highest BCUT2D eigenvalue weighted by Gasteiger charge is 2.34. The number of morpholine rings is 1. The van der Waals surface area contributed by atoms with Crippen LogP contribution in [-0.2, 0) is 4.74 Å². The lowest BCUT2D eigenvalue weighted by Gasteiger charge is -2.33. The van der Waals surface area contributed by atoms with Crippen molar-refractivity contribution in [3.8, 4) is 0 Å². The highest BCUT2D eigenvalue weighted by Crippen LogP contribution is 2.38. The first kappa shape index (κ1) is 15.7. The summed E-state index contributed by atoms with van der Waals surface area (Å²) in [5.41, 5.74) is 0.824. The third-order valence-corrected chi connectivity index (χ3v) is 6.09. The molecule has 128 valence electrons. The number of hydrogen-bond donors (Lipinski definition) is 0. The van der Waals surface area contributed by atoms with Gasteiger partial charge in [0.05, 0.1) is 23.9 Å². The molecule has 1 aliphatic heterocycles. The van der Waals surface area contributed by atoms with Crippen molar-refractivity contribution in [2.75, 3.05) is 19.8 Å². The Balaban J connectivity index is 1.59. The molecule has 1 aliphatic carbocycles. The fourth-order valence-corrected chi connectivity index (χ4v) is 4.67. The van der Waals surface area contributed by atoms with Gasteiger partial charge in [-0.15, -0.1) is 11.3 Å². The molecule has 1 saturated heterocycles. The molecule has 0 aromatic carbocycles. The van der Waals surface area contributed by atoms with E-state index >= 15 is 0 Å². The lowest BCUT2D eigenvalue weighted by atomic mass is 10.1. The van der Waals surface area contributed by atoms with E-state index in [0.717, 1.165) is 15.6 Å². The largest absolute Gasteiger partial charge is 0.377 e. The monoisotopic (exact) mass is 348 g/mol. The molecule has 0 spiro atoms. The minimum atomic E-state index is -0.304. The number of ether oxygens (including phenoxy) is 1. The van der Waals surface area contributed by atoms with Crippen LogP contribution in [0.5, 0.6) is 0 Å². The molecule has 0 bridgehead atoms. The van der Waals surface area contributed by atoms with E-state index in [1.807, 2.05) is 6.92 Å². The number of hydrogen-bond acceptors (Lipinski definition) is 7. The molecule has 2 aliphatic rings. The van der Waals surface area contributed by atoms with Crippen molar-refractivity contribution in [1.29, 1.82) is 0 Å². The van der Waals surface area contributed by atoms with Gasteiger partial charge < -0.3 is 14.2 Å². The lowest BCUT2D eigenvalue weighted by Crippen LogP contribution is -2.43. The van der Waals surface area contributed by atoms with Crippen molar-refractivity contribution < 1.29 is 14.1 Å². The van der Waals surface area contributed by atoms with Crippen LogP contribution in [0.3, 0.4) is 0 Å². The maximum atomic E-state index is 13.1. The molecular weight excluding hydrogens is 328 g/mol. The van der Waals surface area contributed by atoms with Crippen LogP contribution in [0.4, 0.5) is 0 Å². The second-order valence-electron chi connectivity index (χ2n) is 6.33. The van der Waals surface area contributed by atoms with Gasteiger partial charge in [-0.25, -0.2) is 4.98 Å². The normalized spacial score (nSPS) is 22.2. The molecule has 2 fully saturated rings. The summed E-state index contributed by atoms with van der Waals surface area (Å²) in [7, 11) is 0. The quantitative estimate of drug-likeness (QED) is 0.848. The first-order valence-corrected chi connectivity index (χ1v) is 9.18. The molecular formula is C16H20N4O3S. The molecule has 24 heavy (non-hydrogen) atoms. The molecule has 0 N–H and O–H groups in total. The Morgan fingerprint density at radius 3 is 2.96 bits per heavy atom. The summed E-state index contributed by atoms with van der Waals surface area (Å²) in [4.78, 5) is 24.4. The summed E-state index contributed by atoms with van der Waals surface area (Å²) in [5.74, 6) is 1.00. The number of aromatic nitrogens is 3. The van der Waals surface area contributed by atoms with Crippen LogP contribution < -0.4 is 0 Å². The number of amides is 1. The highest BCUT2D eigenvalue weighted by atomic mass is 32.1. The summed E-state index contributed by atoms with van der Waals surface area (Å²) >= 11 is 1.55. The van der Waals surface area contributed by atoms with Crippen LogP contribution in [-0.4, -0.2) is 45.7 Å². The van der Waals surface area contributed by atoms with E-state index in [1.54, 1.807) is 16.2 Å². The molecule has 1 amide bonds. The molecule has 4 rings (SSSR count). The van der Waals surface area contributed by atoms with Crippen molar-refractivity contribution in [1.82, 2.24) is 20.0 Å². The minimum Gasteiger partial charge on any atom is -0.377 e. The molecule has 8 heteroatoms. The topological polar surface area (TPSA) is 81.4 Å². The summed E-state index contributed by atoms with van der Waals surface area (Å²) in [6.07, 6.45) is 6.17. The van der Waals surface area contributed by atoms with Crippen LogP contribution >= 0.6 is 11.3 Å². The standard InChI is InChI=1S/C16H20N4O3S/c1-10-13(24-15(18-10)11-4-2-3-5-11)16(21)20-6-7-22-8-12(20)14-17-9-23-19-14/h9,11-12H,2-8H2,1H3/t12-/m0/s1. The van der Waals surface area contributed by atoms with Crippen molar-refractivity contribution in [2.24, 2.45) is 0 Å². The van der Waals surface area contributed by atoms with Crippen molar-refractivity contribution in [3.05, 3.63) is 27.8 Å². The summed E-state index contributed by atoms with van der Waals surface area (Å²) in [6, 6.07) is -0.304. The number of carbonyl (C=O) groups excluding carboxylic acids is 1. The van der Waals surface area contributed by atoms with Crippen molar-refractivity contribution >= 4 is 17.2 Å². The predicted octanol–water partition coefficient (Wildman–Crippen LogP) is 2.71. The molecule has 1 atom stereocenters. The Hall–Kier alpha value is -1.80. The first-order chi connectivity index (χ1) is 11.7. The maximum absolute atomic E-state index is 13.1. The van der Waals surface area contributed by atoms with E-state index in [1.165, 1.54) is 32.1 Å². The summed E-state index contributed by atoms with van der Waals surface area (Å²) in [6.45, 7) is 3.35. The minimum absolute atomic E-state index is 0.00709. The van der Waals surface area contributed by atoms with Gasteiger partial charge in [-0.3, -0.25) is 4.79 Å². The zero-order valence-corrected chi connectivity index (χ0v) is 14.4. The van der Waals surface area contributed by atoms with Crippen molar-refractivity contribution in [2.45, 2.75) is 44.6 Å². The van der Waals surface area contributed by atoms with Gasteiger partial charge in [-0.05, 0) is 19.8 Å². The summed E-state index contributed by atoms with van der Waals surface area (Å²) < 4.78 is 10.3. The zero-order valence-electron chi connectivity index (χ0n) is 13.6. The second-order valence-corrected chi connectivity index (χ2v) is 7.36. The lowest BCUT2D eigenvalue weighted by molar-refractivity contribution is -0.00556. The smallest absolute Gasteiger partial charge is 0.266 e. The SMILES string of the molecule is Cc1nc(C2CCCC2)sc1C(=O)N1CCOC[C@H]1c1ncon1. The number of carbonyl (C=O) groups is 1. The second kappa shape index (κ2) is 6.60. The molecule has 2 aromatic rings. The highest BCUT2D eigenvalue weighted by molar-refractivity contribution is 7.13. The van der Waals surface area contributed by atoms with Gasteiger partial charge in [-0.1, -0.05) is 18.0 Å². The van der Waals surface area contributed by atoms with Gasteiger partial charge in [0.2, 0.25) is 6.39 Å². The fourth-order valence-electron chi connectivity index (χ4n) is 3.48. The zero-order chi connectivity index (χ0) is 16.5. The fraction of sp³-hybridized carbons (Fsp3) is 0.625. The molecule has 0 radical (unpaired) electrons. The van der Waals surface area contributed by atoms with Gasteiger partial charge in [0.15, 0.2) is 5.82 Å². The van der Waals surface area contributed by atoms with Crippen LogP contribution in [0, 0.1) is 6.92 Å². The van der Waals surface area contributed by atoms with E-state index in [2.05, 4.69) is 15.1 Å². The Kier molecular flexibility index (Phi) is 4.32. The number of aryl methyl sites for hydroxylation is 1. The number of rotatable bonds is 3. The van der Waals surface area contributed by atoms with Crippen LogP contribution in [0.2, 0.25) is 0 Å². The van der Waals surface area contributed by atoms with Crippen molar-refractivity contribution in [3.63, 3.8) is 0 Å². The Morgan fingerprint density at radius 2 is 2.21 bits per heavy atom. The Labute approximate surface area is 144 Å². The Morgan fingerprint density at radius 1 is 1.38 bits per heavy atom. The first-order valence-electron chi connectivity index (χ1n) is 8.36. The van der Waals surface area contributed by atoms with Gasteiger partial charge in [0.1, 0.15) is 10.9 Å². The van der Waals surface area contributed by atoms with Crippen LogP contribution in [0.15, 0.2) is 10.9 Å². The molecule has 2 aromatic heterocycles. The molecule has 1 saturated carbocycles. The average Bonchev–Trinajstić information content (AvgIpc) is 3.35. The van der Waals surface area contributed by atoms with E-state index in [-0.39, 0.29) is 11.9 Å². The van der Waals surface area contributed by atoms with E-state index in [9.17, 15) is 4.79 Å². The number of nitrogens with zero attached hydrogens (tertiary/aromatic N) is 4. The van der Waals surface area contributed by atoms with Gasteiger partial charge >= 0.3 is 0 Å². The maximum Gasteiger partial charge on any atom is 0.266 e. The van der Waals surface area contributed by atoms with Gasteiger partial charge in [0, 0.05) is 12.5 Å². The summed E-state index contributed by atoms with van der Waals surface area (Å²) in [5, 5.41) is 4.99. The average molecular weight is 348 g/mol. The van der Waals surface area contributed by atoms with Gasteiger partial charge in [0.25, 0.3) is 5.91 Å². The third-order valence-electron chi connectivity index (χ3n) is 4.78. The Bertz CT molecular complexity index is 709. The van der Waals surface area contributed by atoms with E-state index in [4.69, 9.17) is 9.26 Å². The molecule has 7 nitrogen and oxygen atoms in total. The van der Waals surface area contributed by atoms with Crippen LogP contribution in [0.1, 0.15) is 63.8 Å². The molecule has 0 unspecified atom stereocenters. The molecule has 3 heterocycles. The third kappa shape index (κ3) is 2.84. The predicted molar refractivity (Wildman–Crippen MR) is 87.0 cm³/mol. The van der Waals surface area contributed by atoms with E-state index in [0.29, 0.717) is 31.5 Å².